The van der Waals surface area contributed by atoms with Crippen LogP contribution in [-0.4, -0.2) is 17.7 Å². The monoisotopic (exact) mass is 210 g/mol. The van der Waals surface area contributed by atoms with Crippen molar-refractivity contribution < 1.29 is 19.0 Å². The molecule has 4 heteroatoms. The number of rotatable bonds is 5. The Morgan fingerprint density at radius 3 is 2.87 bits per heavy atom. The van der Waals surface area contributed by atoms with Crippen LogP contribution < -0.4 is 4.74 Å². The van der Waals surface area contributed by atoms with Crippen molar-refractivity contribution in [3.05, 3.63) is 42.2 Å². The van der Waals surface area contributed by atoms with Crippen molar-refractivity contribution in [1.82, 2.24) is 0 Å². The Morgan fingerprint density at radius 1 is 1.53 bits per heavy atom. The first-order chi connectivity index (χ1) is 7.09. The van der Waals surface area contributed by atoms with E-state index in [1.54, 1.807) is 6.07 Å². The normalized spacial score (nSPS) is 9.67. The third kappa shape index (κ3) is 3.81. The van der Waals surface area contributed by atoms with Crippen LogP contribution in [0.25, 0.3) is 0 Å². The van der Waals surface area contributed by atoms with E-state index in [2.05, 4.69) is 6.58 Å². The Bertz CT molecular complexity index is 374. The first-order valence-corrected chi connectivity index (χ1v) is 4.39. The number of aliphatic carboxylic acids is 1. The Labute approximate surface area is 86.8 Å². The fourth-order valence-electron chi connectivity index (χ4n) is 0.956. The number of carbonyl (C=O) groups is 1. The van der Waals surface area contributed by atoms with Crippen LogP contribution in [-0.2, 0) is 4.79 Å². The van der Waals surface area contributed by atoms with Gasteiger partial charge in [-0.15, -0.1) is 0 Å². The molecule has 0 aliphatic heterocycles. The summed E-state index contributed by atoms with van der Waals surface area (Å²) in [6.07, 6.45) is 0.214. The predicted molar refractivity (Wildman–Crippen MR) is 53.3 cm³/mol. The Kier molecular flexibility index (Phi) is 3.85. The summed E-state index contributed by atoms with van der Waals surface area (Å²) in [5, 5.41) is 8.51. The predicted octanol–water partition coefficient (Wildman–Crippen LogP) is 2.24. The van der Waals surface area contributed by atoms with Gasteiger partial charge in [0.25, 0.3) is 0 Å². The van der Waals surface area contributed by atoms with Crippen molar-refractivity contribution in [2.24, 2.45) is 0 Å². The minimum atomic E-state index is -1.04. The highest BCUT2D eigenvalue weighted by atomic mass is 19.1. The first-order valence-electron chi connectivity index (χ1n) is 4.39. The van der Waals surface area contributed by atoms with Gasteiger partial charge in [-0.2, -0.15) is 0 Å². The summed E-state index contributed by atoms with van der Waals surface area (Å²) in [6, 6.07) is 5.68. The number of hydrogen-bond donors (Lipinski definition) is 1. The second kappa shape index (κ2) is 5.14. The van der Waals surface area contributed by atoms with Crippen LogP contribution in [0.4, 0.5) is 4.39 Å². The molecule has 0 fully saturated rings. The molecule has 1 aromatic rings. The van der Waals surface area contributed by atoms with Crippen LogP contribution in [0.5, 0.6) is 5.75 Å². The Balaban J connectivity index is 2.38. The van der Waals surface area contributed by atoms with Crippen molar-refractivity contribution in [1.29, 1.82) is 0 Å². The van der Waals surface area contributed by atoms with E-state index in [9.17, 15) is 9.18 Å². The van der Waals surface area contributed by atoms with Crippen LogP contribution >= 0.6 is 0 Å². The summed E-state index contributed by atoms with van der Waals surface area (Å²) >= 11 is 0. The van der Waals surface area contributed by atoms with Crippen LogP contribution in [0, 0.1) is 5.82 Å². The average Bonchev–Trinajstić information content (AvgIpc) is 2.17. The molecular formula is C11H11FO3. The minimum absolute atomic E-state index is 0.0754. The number of halogens is 1. The van der Waals surface area contributed by atoms with E-state index in [0.717, 1.165) is 0 Å². The third-order valence-corrected chi connectivity index (χ3v) is 1.77. The van der Waals surface area contributed by atoms with E-state index >= 15 is 0 Å². The topological polar surface area (TPSA) is 46.5 Å². The molecule has 0 saturated heterocycles. The molecular weight excluding hydrogens is 199 g/mol. The quantitative estimate of drug-likeness (QED) is 0.758. The van der Waals surface area contributed by atoms with Crippen LogP contribution in [0.3, 0.4) is 0 Å². The van der Waals surface area contributed by atoms with E-state index in [4.69, 9.17) is 9.84 Å². The van der Waals surface area contributed by atoms with Gasteiger partial charge in [-0.05, 0) is 12.1 Å². The van der Waals surface area contributed by atoms with Crippen molar-refractivity contribution >= 4 is 5.97 Å². The standard InChI is InChI=1S/C11H11FO3/c1-8(11(13)14)5-6-15-10-4-2-3-9(12)7-10/h2-4,7H,1,5-6H2,(H,13,14). The molecule has 1 N–H and O–H groups in total. The molecule has 0 spiro atoms. The lowest BCUT2D eigenvalue weighted by molar-refractivity contribution is -0.132. The van der Waals surface area contributed by atoms with E-state index in [1.165, 1.54) is 18.2 Å². The number of ether oxygens (including phenoxy) is 1. The van der Waals surface area contributed by atoms with Gasteiger partial charge in [0, 0.05) is 18.1 Å². The highest BCUT2D eigenvalue weighted by Crippen LogP contribution is 2.12. The molecule has 0 unspecified atom stereocenters. The molecule has 3 nitrogen and oxygen atoms in total. The SMILES string of the molecule is C=C(CCOc1cccc(F)c1)C(=O)O. The van der Waals surface area contributed by atoms with E-state index < -0.39 is 5.97 Å². The summed E-state index contributed by atoms with van der Waals surface area (Å²) in [5.41, 5.74) is 0.0754. The summed E-state index contributed by atoms with van der Waals surface area (Å²) in [4.78, 5) is 10.4. The molecule has 1 rings (SSSR count). The lowest BCUT2D eigenvalue weighted by Gasteiger charge is -2.05. The zero-order valence-corrected chi connectivity index (χ0v) is 8.07. The molecule has 15 heavy (non-hydrogen) atoms. The molecule has 0 bridgehead atoms. The van der Waals surface area contributed by atoms with Gasteiger partial charge < -0.3 is 9.84 Å². The molecule has 0 aliphatic rings. The molecule has 0 aliphatic carbocycles. The van der Waals surface area contributed by atoms with Gasteiger partial charge in [-0.25, -0.2) is 9.18 Å². The number of carboxylic acids is 1. The third-order valence-electron chi connectivity index (χ3n) is 1.77. The van der Waals surface area contributed by atoms with Crippen LogP contribution in [0.1, 0.15) is 6.42 Å². The maximum Gasteiger partial charge on any atom is 0.331 e. The highest BCUT2D eigenvalue weighted by Gasteiger charge is 2.03. The number of benzene rings is 1. The smallest absolute Gasteiger partial charge is 0.331 e. The van der Waals surface area contributed by atoms with Gasteiger partial charge in [0.15, 0.2) is 0 Å². The Morgan fingerprint density at radius 2 is 2.27 bits per heavy atom. The fourth-order valence-corrected chi connectivity index (χ4v) is 0.956. The molecule has 0 atom stereocenters. The molecule has 0 amide bonds. The molecule has 0 aromatic heterocycles. The second-order valence-electron chi connectivity index (χ2n) is 2.96. The van der Waals surface area contributed by atoms with Gasteiger partial charge in [0.2, 0.25) is 0 Å². The number of hydrogen-bond acceptors (Lipinski definition) is 2. The maximum absolute atomic E-state index is 12.7. The highest BCUT2D eigenvalue weighted by molar-refractivity contribution is 5.85. The van der Waals surface area contributed by atoms with Gasteiger partial charge in [0.1, 0.15) is 11.6 Å². The van der Waals surface area contributed by atoms with E-state index in [-0.39, 0.29) is 24.4 Å². The van der Waals surface area contributed by atoms with Crippen molar-refractivity contribution in [3.63, 3.8) is 0 Å². The van der Waals surface area contributed by atoms with Crippen molar-refractivity contribution in [3.8, 4) is 5.75 Å². The number of carboxylic acid groups (broad SMARTS) is 1. The molecule has 0 radical (unpaired) electrons. The zero-order chi connectivity index (χ0) is 11.3. The van der Waals surface area contributed by atoms with Crippen molar-refractivity contribution in [2.75, 3.05) is 6.61 Å². The lowest BCUT2D eigenvalue weighted by Crippen LogP contribution is -2.05. The second-order valence-corrected chi connectivity index (χ2v) is 2.96. The maximum atomic E-state index is 12.7. The van der Waals surface area contributed by atoms with Crippen molar-refractivity contribution in [2.45, 2.75) is 6.42 Å². The van der Waals surface area contributed by atoms with Gasteiger partial charge in [0.05, 0.1) is 6.61 Å². The lowest BCUT2D eigenvalue weighted by atomic mass is 10.2. The fraction of sp³-hybridized carbons (Fsp3) is 0.182. The van der Waals surface area contributed by atoms with Gasteiger partial charge in [-0.1, -0.05) is 12.6 Å². The summed E-state index contributed by atoms with van der Waals surface area (Å²) in [5.74, 6) is -1.05. The van der Waals surface area contributed by atoms with Crippen LogP contribution in [0.15, 0.2) is 36.4 Å². The molecule has 0 saturated carbocycles. The van der Waals surface area contributed by atoms with Gasteiger partial charge >= 0.3 is 5.97 Å². The van der Waals surface area contributed by atoms with Gasteiger partial charge in [-0.3, -0.25) is 0 Å². The summed E-state index contributed by atoms with van der Waals surface area (Å²) < 4.78 is 17.8. The Hall–Kier alpha value is -1.84. The summed E-state index contributed by atoms with van der Waals surface area (Å²) in [6.45, 7) is 3.52. The zero-order valence-electron chi connectivity index (χ0n) is 8.07. The molecule has 1 aromatic carbocycles. The molecule has 80 valence electrons. The average molecular weight is 210 g/mol. The van der Waals surface area contributed by atoms with E-state index in [0.29, 0.717) is 5.75 Å². The van der Waals surface area contributed by atoms with E-state index in [1.807, 2.05) is 0 Å². The minimum Gasteiger partial charge on any atom is -0.493 e. The molecule has 0 heterocycles. The summed E-state index contributed by atoms with van der Waals surface area (Å²) in [7, 11) is 0. The van der Waals surface area contributed by atoms with Crippen LogP contribution in [0.2, 0.25) is 0 Å². The first kappa shape index (κ1) is 11.2. The largest absolute Gasteiger partial charge is 0.493 e.